The maximum Gasteiger partial charge on any atom is 0.309 e. The first-order valence-corrected chi connectivity index (χ1v) is 11.1. The third-order valence-corrected chi connectivity index (χ3v) is 9.40. The Bertz CT molecular complexity index is 798. The largest absolute Gasteiger partial charge is 0.481 e. The first-order valence-electron chi connectivity index (χ1n) is 10.3. The van der Waals surface area contributed by atoms with Gasteiger partial charge in [0.1, 0.15) is 0 Å². The molecule has 2 aliphatic rings. The van der Waals surface area contributed by atoms with E-state index in [0.717, 1.165) is 28.7 Å². The molecule has 0 bridgehead atoms. The fourth-order valence-corrected chi connectivity index (χ4v) is 6.17. The van der Waals surface area contributed by atoms with Gasteiger partial charge in [0, 0.05) is 27.7 Å². The Morgan fingerprint density at radius 1 is 0.862 bits per heavy atom. The number of hydrogen-bond acceptors (Lipinski definition) is 3. The van der Waals surface area contributed by atoms with Crippen molar-refractivity contribution in [1.29, 1.82) is 0 Å². The minimum Gasteiger partial charge on any atom is -0.481 e. The Labute approximate surface area is 181 Å². The summed E-state index contributed by atoms with van der Waals surface area (Å²) < 4.78 is 0.914. The van der Waals surface area contributed by atoms with Crippen LogP contribution in [0.1, 0.15) is 90.4 Å². The molecule has 4 atom stereocenters. The Balaban J connectivity index is 2.03. The van der Waals surface area contributed by atoms with Gasteiger partial charge < -0.3 is 10.2 Å². The number of aromatic nitrogens is 1. The number of carboxylic acid groups (broad SMARTS) is 2. The van der Waals surface area contributed by atoms with Crippen LogP contribution in [0.2, 0.25) is 0 Å². The lowest BCUT2D eigenvalue weighted by molar-refractivity contribution is -0.154. The lowest BCUT2D eigenvalue weighted by Gasteiger charge is -2.39. The number of hydrogen-bond donors (Lipinski definition) is 2. The van der Waals surface area contributed by atoms with E-state index in [4.69, 9.17) is 4.98 Å². The molecule has 0 radical (unpaired) electrons. The van der Waals surface area contributed by atoms with Gasteiger partial charge in [-0.2, -0.15) is 0 Å². The molecule has 2 saturated carbocycles. The monoisotopic (exact) mass is 465 g/mol. The van der Waals surface area contributed by atoms with Gasteiger partial charge in [0.05, 0.1) is 10.8 Å². The van der Waals surface area contributed by atoms with Crippen LogP contribution in [-0.2, 0) is 9.59 Å². The Hall–Kier alpha value is -1.43. The molecule has 4 unspecified atom stereocenters. The summed E-state index contributed by atoms with van der Waals surface area (Å²) in [5, 5.41) is 19.7. The first kappa shape index (κ1) is 22.3. The highest BCUT2D eigenvalue weighted by Gasteiger charge is 2.58. The van der Waals surface area contributed by atoms with Crippen molar-refractivity contribution in [2.75, 3.05) is 0 Å². The quantitative estimate of drug-likeness (QED) is 0.583. The van der Waals surface area contributed by atoms with Crippen molar-refractivity contribution in [3.8, 4) is 0 Å². The molecule has 0 aliphatic heterocycles. The number of carbonyl (C=O) groups is 2. The molecule has 5 nitrogen and oxygen atoms in total. The van der Waals surface area contributed by atoms with Crippen molar-refractivity contribution in [3.05, 3.63) is 28.0 Å². The maximum atomic E-state index is 12.0. The van der Waals surface area contributed by atoms with Crippen LogP contribution in [0.25, 0.3) is 0 Å². The van der Waals surface area contributed by atoms with E-state index in [-0.39, 0.29) is 11.8 Å². The van der Waals surface area contributed by atoms with Gasteiger partial charge in [0.2, 0.25) is 0 Å². The number of rotatable bonds is 4. The van der Waals surface area contributed by atoms with Crippen molar-refractivity contribution < 1.29 is 19.8 Å². The predicted molar refractivity (Wildman–Crippen MR) is 115 cm³/mol. The van der Waals surface area contributed by atoms with Crippen LogP contribution in [0.5, 0.6) is 0 Å². The topological polar surface area (TPSA) is 87.5 Å². The van der Waals surface area contributed by atoms with E-state index in [2.05, 4.69) is 15.9 Å². The Morgan fingerprint density at radius 3 is 1.48 bits per heavy atom. The third-order valence-electron chi connectivity index (χ3n) is 8.94. The number of halogens is 1. The van der Waals surface area contributed by atoms with Crippen LogP contribution < -0.4 is 0 Å². The summed E-state index contributed by atoms with van der Waals surface area (Å²) in [5.74, 6) is -1.44. The fraction of sp³-hybridized carbons (Fsp3) is 0.696. The van der Waals surface area contributed by atoms with E-state index in [0.29, 0.717) is 12.8 Å². The van der Waals surface area contributed by atoms with Crippen LogP contribution in [-0.4, -0.2) is 27.1 Å². The molecule has 0 saturated heterocycles. The summed E-state index contributed by atoms with van der Waals surface area (Å²) in [6.45, 7) is 11.8. The molecule has 1 aromatic heterocycles. The van der Waals surface area contributed by atoms with Crippen LogP contribution in [0.3, 0.4) is 0 Å². The second-order valence-corrected chi connectivity index (χ2v) is 11.5. The molecule has 6 heteroatoms. The zero-order chi connectivity index (χ0) is 22.0. The zero-order valence-electron chi connectivity index (χ0n) is 18.2. The molecule has 160 valence electrons. The molecule has 0 spiro atoms. The van der Waals surface area contributed by atoms with E-state index in [1.54, 1.807) is 0 Å². The van der Waals surface area contributed by atoms with Crippen LogP contribution in [0.15, 0.2) is 16.6 Å². The van der Waals surface area contributed by atoms with E-state index in [9.17, 15) is 19.8 Å². The van der Waals surface area contributed by atoms with Crippen LogP contribution >= 0.6 is 15.9 Å². The summed E-state index contributed by atoms with van der Waals surface area (Å²) in [7, 11) is 0. The average molecular weight is 466 g/mol. The third kappa shape index (κ3) is 3.05. The van der Waals surface area contributed by atoms with E-state index in [1.165, 1.54) is 0 Å². The molecule has 3 rings (SSSR count). The molecule has 29 heavy (non-hydrogen) atoms. The highest BCUT2D eigenvalue weighted by Crippen LogP contribution is 2.62. The van der Waals surface area contributed by atoms with Gasteiger partial charge in [-0.3, -0.25) is 14.6 Å². The number of nitrogens with zero attached hydrogens (tertiary/aromatic N) is 1. The summed E-state index contributed by atoms with van der Waals surface area (Å²) in [4.78, 5) is 29.0. The lowest BCUT2D eigenvalue weighted by atomic mass is 9.64. The van der Waals surface area contributed by atoms with Crippen LogP contribution in [0.4, 0.5) is 0 Å². The SMILES string of the molecule is CC1(C(=O)O)CCC(c2cc(Br)cc(C3CCC(C)(C(=O)O)C3(C)C)n2)C1(C)C. The van der Waals surface area contributed by atoms with Crippen molar-refractivity contribution in [2.45, 2.75) is 79.1 Å². The summed E-state index contributed by atoms with van der Waals surface area (Å²) in [6, 6.07) is 4.00. The summed E-state index contributed by atoms with van der Waals surface area (Å²) in [5.41, 5.74) is -0.657. The van der Waals surface area contributed by atoms with Crippen molar-refractivity contribution in [3.63, 3.8) is 0 Å². The van der Waals surface area contributed by atoms with Crippen molar-refractivity contribution in [1.82, 2.24) is 4.98 Å². The fourth-order valence-electron chi connectivity index (χ4n) is 5.70. The minimum absolute atomic E-state index is 0.0372. The molecular formula is C23H32BrNO4. The van der Waals surface area contributed by atoms with Crippen LogP contribution in [0, 0.1) is 21.7 Å². The van der Waals surface area contributed by atoms with Gasteiger partial charge in [-0.25, -0.2) is 0 Å². The van der Waals surface area contributed by atoms with Gasteiger partial charge in [-0.15, -0.1) is 0 Å². The molecule has 1 heterocycles. The van der Waals surface area contributed by atoms with Gasteiger partial charge in [-0.1, -0.05) is 43.6 Å². The average Bonchev–Trinajstić information content (AvgIpc) is 2.98. The van der Waals surface area contributed by atoms with E-state index in [1.807, 2.05) is 53.7 Å². The number of aliphatic carboxylic acids is 2. The summed E-state index contributed by atoms with van der Waals surface area (Å²) >= 11 is 3.62. The molecule has 2 N–H and O–H groups in total. The highest BCUT2D eigenvalue weighted by molar-refractivity contribution is 9.10. The molecular weight excluding hydrogens is 434 g/mol. The predicted octanol–water partition coefficient (Wildman–Crippen LogP) is 5.83. The van der Waals surface area contributed by atoms with Gasteiger partial charge in [-0.05, 0) is 62.5 Å². The second-order valence-electron chi connectivity index (χ2n) is 10.5. The van der Waals surface area contributed by atoms with Crippen molar-refractivity contribution in [2.24, 2.45) is 21.7 Å². The maximum absolute atomic E-state index is 12.0. The molecule has 1 aromatic rings. The van der Waals surface area contributed by atoms with Gasteiger partial charge in [0.25, 0.3) is 0 Å². The molecule has 2 fully saturated rings. The zero-order valence-corrected chi connectivity index (χ0v) is 19.8. The Morgan fingerprint density at radius 2 is 1.21 bits per heavy atom. The number of carboxylic acids is 2. The molecule has 0 aromatic carbocycles. The standard InChI is InChI=1S/C23H32BrNO4/c1-20(2)14(7-9-22(20,5)18(26)27)16-11-13(24)12-17(25-16)15-8-10-23(6,19(28)29)21(15,3)4/h11-12,14-15H,7-10H2,1-6H3,(H,26,27)(H,28,29). The molecule has 2 aliphatic carbocycles. The highest BCUT2D eigenvalue weighted by atomic mass is 79.9. The van der Waals surface area contributed by atoms with Crippen molar-refractivity contribution >= 4 is 27.9 Å². The lowest BCUT2D eigenvalue weighted by Crippen LogP contribution is -2.40. The van der Waals surface area contributed by atoms with Gasteiger partial charge >= 0.3 is 11.9 Å². The molecule has 0 amide bonds. The number of pyridine rings is 1. The normalized spacial score (nSPS) is 35.6. The van der Waals surface area contributed by atoms with Gasteiger partial charge in [0.15, 0.2) is 0 Å². The second kappa shape index (κ2) is 6.79. The summed E-state index contributed by atoms with van der Waals surface area (Å²) in [6.07, 6.45) is 2.80. The smallest absolute Gasteiger partial charge is 0.309 e. The van der Waals surface area contributed by atoms with E-state index < -0.39 is 33.6 Å². The minimum atomic E-state index is -0.795. The Kier molecular flexibility index (Phi) is 5.21. The first-order chi connectivity index (χ1) is 13.2. The van der Waals surface area contributed by atoms with E-state index >= 15 is 0 Å².